The van der Waals surface area contributed by atoms with Crippen molar-refractivity contribution in [2.75, 3.05) is 7.05 Å². The molecule has 4 aromatic rings. The van der Waals surface area contributed by atoms with E-state index in [1.165, 1.54) is 11.4 Å². The molecule has 6 heteroatoms. The van der Waals surface area contributed by atoms with E-state index in [1.807, 2.05) is 37.3 Å². The normalized spacial score (nSPS) is 11.3. The van der Waals surface area contributed by atoms with Crippen LogP contribution < -0.4 is 10.9 Å². The topological polar surface area (TPSA) is 83.7 Å². The predicted molar refractivity (Wildman–Crippen MR) is 99.2 cm³/mol. The van der Waals surface area contributed by atoms with Gasteiger partial charge in [-0.05, 0) is 30.0 Å². The van der Waals surface area contributed by atoms with E-state index in [2.05, 4.69) is 10.3 Å². The molecule has 6 nitrogen and oxygen atoms in total. The fourth-order valence-electron chi connectivity index (χ4n) is 3.49. The van der Waals surface area contributed by atoms with Crippen molar-refractivity contribution in [3.63, 3.8) is 0 Å². The van der Waals surface area contributed by atoms with Gasteiger partial charge in [0.1, 0.15) is 11.1 Å². The fraction of sp³-hybridized carbons (Fsp3) is 0.150. The molecule has 3 aromatic heterocycles. The average Bonchev–Trinajstić information content (AvgIpc) is 3.00. The van der Waals surface area contributed by atoms with Crippen molar-refractivity contribution in [1.29, 1.82) is 0 Å². The third-order valence-electron chi connectivity index (χ3n) is 4.67. The maximum Gasteiger partial charge on any atom is 0.271 e. The zero-order valence-corrected chi connectivity index (χ0v) is 14.4. The largest absolute Gasteiger partial charge is 0.505 e. The Balaban J connectivity index is 2.04. The molecule has 26 heavy (non-hydrogen) atoms. The van der Waals surface area contributed by atoms with Crippen molar-refractivity contribution in [2.24, 2.45) is 0 Å². The Labute approximate surface area is 149 Å². The highest BCUT2D eigenvalue weighted by Crippen LogP contribution is 2.33. The monoisotopic (exact) mass is 347 g/mol. The van der Waals surface area contributed by atoms with Crippen molar-refractivity contribution >= 4 is 22.3 Å². The number of hydrogen-bond donors (Lipinski definition) is 2. The van der Waals surface area contributed by atoms with Crippen LogP contribution in [0.2, 0.25) is 0 Å². The first kappa shape index (κ1) is 16.1. The number of hydrogen-bond acceptors (Lipinski definition) is 4. The van der Waals surface area contributed by atoms with Crippen LogP contribution in [-0.4, -0.2) is 27.4 Å². The summed E-state index contributed by atoms with van der Waals surface area (Å²) < 4.78 is 1.41. The summed E-state index contributed by atoms with van der Waals surface area (Å²) in [6, 6.07) is 9.98. The van der Waals surface area contributed by atoms with Crippen LogP contribution in [0.5, 0.6) is 5.75 Å². The molecule has 0 aliphatic heterocycles. The highest BCUT2D eigenvalue weighted by atomic mass is 16.3. The van der Waals surface area contributed by atoms with E-state index < -0.39 is 11.5 Å². The molecule has 130 valence electrons. The molecular formula is C20H17N3O3. The van der Waals surface area contributed by atoms with Crippen LogP contribution in [0.25, 0.3) is 16.4 Å². The Morgan fingerprint density at radius 3 is 2.69 bits per heavy atom. The van der Waals surface area contributed by atoms with Crippen LogP contribution in [0.3, 0.4) is 0 Å². The van der Waals surface area contributed by atoms with Crippen molar-refractivity contribution < 1.29 is 9.90 Å². The summed E-state index contributed by atoms with van der Waals surface area (Å²) in [5.41, 5.74) is 2.95. The fourth-order valence-corrected chi connectivity index (χ4v) is 3.49. The van der Waals surface area contributed by atoms with E-state index >= 15 is 0 Å². The van der Waals surface area contributed by atoms with E-state index in [4.69, 9.17) is 0 Å². The minimum atomic E-state index is -0.632. The third-order valence-corrected chi connectivity index (χ3v) is 4.67. The minimum absolute atomic E-state index is 0.253. The first-order valence-corrected chi connectivity index (χ1v) is 8.26. The Morgan fingerprint density at radius 1 is 1.27 bits per heavy atom. The lowest BCUT2D eigenvalue weighted by Crippen LogP contribution is -2.28. The van der Waals surface area contributed by atoms with Gasteiger partial charge in [0.05, 0.1) is 5.52 Å². The number of nitrogens with one attached hydrogen (secondary N) is 1. The lowest BCUT2D eigenvalue weighted by atomic mass is 10.0. The summed E-state index contributed by atoms with van der Waals surface area (Å²) in [4.78, 5) is 29.2. The van der Waals surface area contributed by atoms with Crippen LogP contribution in [0.1, 0.15) is 27.0 Å². The predicted octanol–water partition coefficient (Wildman–Crippen LogP) is 2.25. The van der Waals surface area contributed by atoms with Gasteiger partial charge in [0.2, 0.25) is 0 Å². The number of benzene rings is 1. The minimum Gasteiger partial charge on any atom is -0.505 e. The van der Waals surface area contributed by atoms with Gasteiger partial charge in [-0.1, -0.05) is 30.3 Å². The number of rotatable bonds is 3. The van der Waals surface area contributed by atoms with Crippen molar-refractivity contribution in [3.05, 3.63) is 75.3 Å². The average molecular weight is 347 g/mol. The van der Waals surface area contributed by atoms with Crippen LogP contribution >= 0.6 is 0 Å². The smallest absolute Gasteiger partial charge is 0.271 e. The molecule has 1 amide bonds. The number of aromatic hydroxyl groups is 1. The van der Waals surface area contributed by atoms with Gasteiger partial charge >= 0.3 is 0 Å². The molecule has 0 radical (unpaired) electrons. The number of amides is 1. The molecule has 0 bridgehead atoms. The lowest BCUT2D eigenvalue weighted by molar-refractivity contribution is 0.0959. The first-order valence-electron chi connectivity index (χ1n) is 8.26. The number of carbonyl (C=O) groups is 1. The SMILES string of the molecule is CNC(=O)c1c(O)c2ncc(Cc3ccccc3)c3c(C)cn(c1=O)c23. The van der Waals surface area contributed by atoms with E-state index in [0.29, 0.717) is 11.9 Å². The summed E-state index contributed by atoms with van der Waals surface area (Å²) in [5, 5.41) is 13.8. The molecule has 1 aromatic carbocycles. The Morgan fingerprint density at radius 2 is 2.00 bits per heavy atom. The highest BCUT2D eigenvalue weighted by Gasteiger charge is 2.24. The molecule has 0 aliphatic rings. The standard InChI is InChI=1S/C20H17N3O3/c1-11-10-23-17-14(11)13(8-12-6-4-3-5-7-12)9-22-16(17)18(24)15(20(23)26)19(25)21-2/h3-7,9-10,24H,8H2,1-2H3,(H,21,25). The second kappa shape index (κ2) is 5.84. The van der Waals surface area contributed by atoms with Crippen LogP contribution in [0.4, 0.5) is 0 Å². The van der Waals surface area contributed by atoms with E-state index in [-0.39, 0.29) is 16.8 Å². The molecule has 0 spiro atoms. The van der Waals surface area contributed by atoms with Crippen LogP contribution in [0, 0.1) is 6.92 Å². The Hall–Kier alpha value is -3.41. The number of carbonyl (C=O) groups excluding carboxylic acids is 1. The molecule has 2 N–H and O–H groups in total. The van der Waals surface area contributed by atoms with E-state index in [1.54, 1.807) is 12.4 Å². The molecule has 0 saturated heterocycles. The van der Waals surface area contributed by atoms with Crippen molar-refractivity contribution in [2.45, 2.75) is 13.3 Å². The molecule has 0 saturated carbocycles. The molecule has 0 aliphatic carbocycles. The van der Waals surface area contributed by atoms with Gasteiger partial charge in [-0.15, -0.1) is 0 Å². The maximum atomic E-state index is 12.8. The summed E-state index contributed by atoms with van der Waals surface area (Å²) in [6.45, 7) is 1.91. The number of pyridine rings is 2. The zero-order chi connectivity index (χ0) is 18.4. The zero-order valence-electron chi connectivity index (χ0n) is 14.4. The molecular weight excluding hydrogens is 330 g/mol. The Bertz CT molecular complexity index is 1200. The molecule has 3 heterocycles. The number of aryl methyl sites for hydroxylation is 1. The Kier molecular flexibility index (Phi) is 3.61. The third kappa shape index (κ3) is 2.23. The van der Waals surface area contributed by atoms with E-state index in [9.17, 15) is 14.7 Å². The van der Waals surface area contributed by atoms with Crippen LogP contribution in [0.15, 0.2) is 47.5 Å². The molecule has 0 fully saturated rings. The van der Waals surface area contributed by atoms with Gasteiger partial charge in [0, 0.05) is 24.8 Å². The molecule has 0 unspecified atom stereocenters. The maximum absolute atomic E-state index is 12.8. The van der Waals surface area contributed by atoms with Gasteiger partial charge in [0.25, 0.3) is 11.5 Å². The number of aromatic nitrogens is 2. The summed E-state index contributed by atoms with van der Waals surface area (Å²) >= 11 is 0. The second-order valence-electron chi connectivity index (χ2n) is 6.31. The lowest BCUT2D eigenvalue weighted by Gasteiger charge is -2.10. The van der Waals surface area contributed by atoms with Gasteiger partial charge in [-0.2, -0.15) is 0 Å². The van der Waals surface area contributed by atoms with Crippen LogP contribution in [-0.2, 0) is 6.42 Å². The van der Waals surface area contributed by atoms with Crippen molar-refractivity contribution in [1.82, 2.24) is 14.7 Å². The van der Waals surface area contributed by atoms with Gasteiger partial charge in [0.15, 0.2) is 5.75 Å². The summed E-state index contributed by atoms with van der Waals surface area (Å²) in [7, 11) is 1.41. The first-order chi connectivity index (χ1) is 12.5. The highest BCUT2D eigenvalue weighted by molar-refractivity contribution is 6.06. The number of nitrogens with zero attached hydrogens (tertiary/aromatic N) is 2. The van der Waals surface area contributed by atoms with E-state index in [0.717, 1.165) is 22.1 Å². The second-order valence-corrected chi connectivity index (χ2v) is 6.31. The quantitative estimate of drug-likeness (QED) is 0.595. The van der Waals surface area contributed by atoms with Gasteiger partial charge < -0.3 is 10.4 Å². The van der Waals surface area contributed by atoms with Crippen molar-refractivity contribution in [3.8, 4) is 5.75 Å². The van der Waals surface area contributed by atoms with Gasteiger partial charge in [-0.3, -0.25) is 19.0 Å². The summed E-state index contributed by atoms with van der Waals surface area (Å²) in [6.07, 6.45) is 4.06. The summed E-state index contributed by atoms with van der Waals surface area (Å²) in [5.74, 6) is -1.01. The van der Waals surface area contributed by atoms with Gasteiger partial charge in [-0.25, -0.2) is 0 Å². The molecule has 4 rings (SSSR count). The molecule has 0 atom stereocenters.